The Labute approximate surface area is 170 Å². The molecule has 3 aliphatic rings. The molecular formula is C22H26N4O3. The van der Waals surface area contributed by atoms with Crippen LogP contribution in [0.25, 0.3) is 0 Å². The number of ether oxygens (including phenoxy) is 1. The monoisotopic (exact) mass is 394 g/mol. The van der Waals surface area contributed by atoms with Crippen molar-refractivity contribution in [3.05, 3.63) is 48.0 Å². The lowest BCUT2D eigenvalue weighted by molar-refractivity contribution is -0.141. The van der Waals surface area contributed by atoms with Gasteiger partial charge in [-0.1, -0.05) is 24.6 Å². The first-order valence-electron chi connectivity index (χ1n) is 10.3. The van der Waals surface area contributed by atoms with Gasteiger partial charge in [0.1, 0.15) is 11.6 Å². The number of fused-ring (bicyclic) bond motifs is 2. The van der Waals surface area contributed by atoms with E-state index >= 15 is 0 Å². The van der Waals surface area contributed by atoms with E-state index in [1.807, 2.05) is 35.4 Å². The number of hydrogen-bond acceptors (Lipinski definition) is 4. The number of imidazole rings is 1. The summed E-state index contributed by atoms with van der Waals surface area (Å²) in [5.41, 5.74) is 0.751. The van der Waals surface area contributed by atoms with Gasteiger partial charge in [-0.25, -0.2) is 4.98 Å². The molecule has 2 amide bonds. The molecule has 1 atom stereocenters. The molecule has 29 heavy (non-hydrogen) atoms. The molecule has 2 fully saturated rings. The Morgan fingerprint density at radius 2 is 2.07 bits per heavy atom. The van der Waals surface area contributed by atoms with Crippen LogP contribution in [0.15, 0.2) is 36.7 Å². The Hall–Kier alpha value is -2.83. The highest BCUT2D eigenvalue weighted by Crippen LogP contribution is 2.45. The summed E-state index contributed by atoms with van der Waals surface area (Å²) in [5.74, 6) is 2.07. The van der Waals surface area contributed by atoms with E-state index in [4.69, 9.17) is 4.74 Å². The lowest BCUT2D eigenvalue weighted by atomic mass is 9.83. The van der Waals surface area contributed by atoms with Gasteiger partial charge in [0.05, 0.1) is 25.1 Å². The summed E-state index contributed by atoms with van der Waals surface area (Å²) in [6.45, 7) is 1.31. The fourth-order valence-corrected chi connectivity index (χ4v) is 4.86. The fourth-order valence-electron chi connectivity index (χ4n) is 4.86. The van der Waals surface area contributed by atoms with Gasteiger partial charge >= 0.3 is 0 Å². The molecule has 7 nitrogen and oxygen atoms in total. The fraction of sp³-hybridized carbons (Fsp3) is 0.500. The SMILES string of the molecule is COc1ccccc1CC(=O)N1CC2(CC(NC(=O)C3CCC3)c3nccn32)C1. The number of nitrogens with one attached hydrogen (secondary N) is 1. The van der Waals surface area contributed by atoms with Crippen molar-refractivity contribution in [1.82, 2.24) is 19.8 Å². The number of para-hydroxylation sites is 1. The molecule has 1 spiro atoms. The van der Waals surface area contributed by atoms with Gasteiger partial charge < -0.3 is 19.5 Å². The summed E-state index contributed by atoms with van der Waals surface area (Å²) in [6, 6.07) is 7.58. The Morgan fingerprint density at radius 3 is 2.79 bits per heavy atom. The third-order valence-electron chi connectivity index (χ3n) is 6.73. The Balaban J connectivity index is 1.25. The van der Waals surface area contributed by atoms with Crippen LogP contribution in [-0.2, 0) is 21.5 Å². The predicted molar refractivity (Wildman–Crippen MR) is 106 cm³/mol. The van der Waals surface area contributed by atoms with E-state index in [-0.39, 0.29) is 29.3 Å². The third-order valence-corrected chi connectivity index (χ3v) is 6.73. The van der Waals surface area contributed by atoms with Crippen LogP contribution in [0.2, 0.25) is 0 Å². The van der Waals surface area contributed by atoms with Gasteiger partial charge in [0.25, 0.3) is 0 Å². The Morgan fingerprint density at radius 1 is 1.28 bits per heavy atom. The second-order valence-electron chi connectivity index (χ2n) is 8.51. The lowest BCUT2D eigenvalue weighted by Gasteiger charge is -2.49. The van der Waals surface area contributed by atoms with Gasteiger partial charge in [-0.05, 0) is 18.9 Å². The molecule has 2 aromatic rings. The van der Waals surface area contributed by atoms with Crippen LogP contribution < -0.4 is 10.1 Å². The number of methoxy groups -OCH3 is 1. The maximum atomic E-state index is 12.8. The maximum absolute atomic E-state index is 12.8. The molecule has 1 aromatic heterocycles. The molecule has 1 aliphatic carbocycles. The second kappa shape index (κ2) is 6.90. The van der Waals surface area contributed by atoms with Gasteiger partial charge in [0.2, 0.25) is 11.8 Å². The van der Waals surface area contributed by atoms with Crippen molar-refractivity contribution in [3.63, 3.8) is 0 Å². The molecule has 3 heterocycles. The first-order chi connectivity index (χ1) is 14.1. The molecule has 7 heteroatoms. The normalized spacial score (nSPS) is 22.0. The highest BCUT2D eigenvalue weighted by Gasteiger charge is 2.53. The zero-order chi connectivity index (χ0) is 20.0. The van der Waals surface area contributed by atoms with Gasteiger partial charge in [-0.15, -0.1) is 0 Å². The quantitative estimate of drug-likeness (QED) is 0.842. The smallest absolute Gasteiger partial charge is 0.227 e. The highest BCUT2D eigenvalue weighted by atomic mass is 16.5. The molecule has 1 saturated heterocycles. The highest BCUT2D eigenvalue weighted by molar-refractivity contribution is 5.81. The number of aromatic nitrogens is 2. The van der Waals surface area contributed by atoms with E-state index in [1.165, 1.54) is 0 Å². The number of amides is 2. The second-order valence-corrected chi connectivity index (χ2v) is 8.51. The van der Waals surface area contributed by atoms with Crippen molar-refractivity contribution < 1.29 is 14.3 Å². The number of hydrogen-bond donors (Lipinski definition) is 1. The molecule has 1 N–H and O–H groups in total. The third kappa shape index (κ3) is 2.99. The van der Waals surface area contributed by atoms with Gasteiger partial charge in [-0.2, -0.15) is 0 Å². The molecule has 1 saturated carbocycles. The van der Waals surface area contributed by atoms with E-state index in [0.29, 0.717) is 19.5 Å². The topological polar surface area (TPSA) is 76.5 Å². The summed E-state index contributed by atoms with van der Waals surface area (Å²) < 4.78 is 7.54. The molecular weight excluding hydrogens is 368 g/mol. The van der Waals surface area contributed by atoms with E-state index in [2.05, 4.69) is 14.9 Å². The predicted octanol–water partition coefficient (Wildman–Crippen LogP) is 2.03. The van der Waals surface area contributed by atoms with Gasteiger partial charge in [0, 0.05) is 43.4 Å². The first-order valence-corrected chi connectivity index (χ1v) is 10.3. The van der Waals surface area contributed by atoms with Crippen molar-refractivity contribution in [2.45, 2.75) is 43.7 Å². The molecule has 5 rings (SSSR count). The average molecular weight is 394 g/mol. The molecule has 1 unspecified atom stereocenters. The van der Waals surface area contributed by atoms with Crippen molar-refractivity contribution in [1.29, 1.82) is 0 Å². The minimum atomic E-state index is -0.153. The standard InChI is InChI=1S/C22H26N4O3/c1-29-18-8-3-2-5-16(18)11-19(27)25-13-22(14-25)12-17(20-23-9-10-26(20)22)24-21(28)15-6-4-7-15/h2-3,5,8-10,15,17H,4,6-7,11-14H2,1H3,(H,24,28). The first kappa shape index (κ1) is 18.2. The summed E-state index contributed by atoms with van der Waals surface area (Å²) in [5, 5.41) is 3.20. The minimum Gasteiger partial charge on any atom is -0.496 e. The van der Waals surface area contributed by atoms with Crippen molar-refractivity contribution >= 4 is 11.8 Å². The van der Waals surface area contributed by atoms with Crippen LogP contribution in [0.1, 0.15) is 43.1 Å². The molecule has 152 valence electrons. The Kier molecular flexibility index (Phi) is 4.33. The van der Waals surface area contributed by atoms with Crippen LogP contribution in [-0.4, -0.2) is 46.5 Å². The van der Waals surface area contributed by atoms with Crippen LogP contribution in [0, 0.1) is 5.92 Å². The van der Waals surface area contributed by atoms with Crippen molar-refractivity contribution in [2.24, 2.45) is 5.92 Å². The van der Waals surface area contributed by atoms with E-state index < -0.39 is 0 Å². The van der Waals surface area contributed by atoms with Crippen LogP contribution in [0.5, 0.6) is 5.75 Å². The number of carbonyl (C=O) groups is 2. The molecule has 2 aliphatic heterocycles. The minimum absolute atomic E-state index is 0.0652. The summed E-state index contributed by atoms with van der Waals surface area (Å²) >= 11 is 0. The van der Waals surface area contributed by atoms with Crippen LogP contribution in [0.4, 0.5) is 0 Å². The molecule has 0 bridgehead atoms. The van der Waals surface area contributed by atoms with Gasteiger partial charge in [-0.3, -0.25) is 9.59 Å². The largest absolute Gasteiger partial charge is 0.496 e. The number of nitrogens with zero attached hydrogens (tertiary/aromatic N) is 3. The summed E-state index contributed by atoms with van der Waals surface area (Å²) in [7, 11) is 1.62. The number of rotatable bonds is 5. The Bertz CT molecular complexity index is 943. The van der Waals surface area contributed by atoms with E-state index in [0.717, 1.165) is 42.8 Å². The van der Waals surface area contributed by atoms with Gasteiger partial charge in [0.15, 0.2) is 0 Å². The zero-order valence-corrected chi connectivity index (χ0v) is 16.6. The average Bonchev–Trinajstić information content (AvgIpc) is 3.22. The van der Waals surface area contributed by atoms with Crippen molar-refractivity contribution in [3.8, 4) is 5.75 Å². The van der Waals surface area contributed by atoms with E-state index in [9.17, 15) is 9.59 Å². The summed E-state index contributed by atoms with van der Waals surface area (Å²) in [6.07, 6.45) is 8.02. The molecule has 0 radical (unpaired) electrons. The molecule has 1 aromatic carbocycles. The zero-order valence-electron chi connectivity index (χ0n) is 16.6. The van der Waals surface area contributed by atoms with Crippen LogP contribution >= 0.6 is 0 Å². The maximum Gasteiger partial charge on any atom is 0.227 e. The number of likely N-dealkylation sites (tertiary alicyclic amines) is 1. The van der Waals surface area contributed by atoms with E-state index in [1.54, 1.807) is 13.3 Å². The summed E-state index contributed by atoms with van der Waals surface area (Å²) in [4.78, 5) is 31.7. The number of carbonyl (C=O) groups excluding carboxylic acids is 2. The van der Waals surface area contributed by atoms with Crippen molar-refractivity contribution in [2.75, 3.05) is 20.2 Å². The van der Waals surface area contributed by atoms with Crippen LogP contribution in [0.3, 0.4) is 0 Å². The number of benzene rings is 1. The lowest BCUT2D eigenvalue weighted by Crippen LogP contribution is -2.63.